The minimum absolute atomic E-state index is 0.0746. The Kier molecular flexibility index (Phi) is 10.3. The van der Waals surface area contributed by atoms with E-state index in [1.807, 2.05) is 36.4 Å². The van der Waals surface area contributed by atoms with E-state index in [0.717, 1.165) is 40.8 Å². The summed E-state index contributed by atoms with van der Waals surface area (Å²) in [6.07, 6.45) is 4.02. The molecule has 41 heavy (non-hydrogen) atoms. The molecule has 0 amide bonds. The quantitative estimate of drug-likeness (QED) is 0.195. The van der Waals surface area contributed by atoms with Crippen molar-refractivity contribution in [2.24, 2.45) is 5.92 Å². The van der Waals surface area contributed by atoms with E-state index >= 15 is 0 Å². The van der Waals surface area contributed by atoms with Gasteiger partial charge in [0.2, 0.25) is 13.2 Å². The van der Waals surface area contributed by atoms with Gasteiger partial charge in [0.25, 0.3) is 0 Å². The van der Waals surface area contributed by atoms with E-state index in [2.05, 4.69) is 43.6 Å². The number of halogens is 1. The maximum absolute atomic E-state index is 15.0. The summed E-state index contributed by atoms with van der Waals surface area (Å²) in [6.45, 7) is 11.5. The molecule has 6 nitrogen and oxygen atoms in total. The molecule has 1 aliphatic carbocycles. The molecule has 0 spiro atoms. The summed E-state index contributed by atoms with van der Waals surface area (Å²) in [5.41, 5.74) is 4.31. The van der Waals surface area contributed by atoms with E-state index in [1.54, 1.807) is 13.0 Å². The normalized spacial score (nSPS) is 15.8. The zero-order valence-electron chi connectivity index (χ0n) is 25.1. The Morgan fingerprint density at radius 2 is 1.80 bits per heavy atom. The van der Waals surface area contributed by atoms with E-state index in [-0.39, 0.29) is 5.92 Å². The van der Waals surface area contributed by atoms with E-state index in [1.165, 1.54) is 13.3 Å². The largest absolute Gasteiger partial charge is 0.489 e. The van der Waals surface area contributed by atoms with Gasteiger partial charge in [-0.15, -0.1) is 0 Å². The van der Waals surface area contributed by atoms with Crippen molar-refractivity contribution >= 4 is 7.37 Å². The highest BCUT2D eigenvalue weighted by atomic mass is 31.2. The molecule has 4 rings (SSSR count). The highest BCUT2D eigenvalue weighted by Crippen LogP contribution is 2.52. The van der Waals surface area contributed by atoms with E-state index in [0.29, 0.717) is 54.9 Å². The molecule has 8 heteroatoms. The number of pyridine rings is 1. The van der Waals surface area contributed by atoms with E-state index in [9.17, 15) is 13.8 Å². The van der Waals surface area contributed by atoms with Crippen molar-refractivity contribution in [3.63, 3.8) is 0 Å². The topological polar surface area (TPSA) is 71.9 Å². The molecule has 1 saturated carbocycles. The molecule has 0 bridgehead atoms. The van der Waals surface area contributed by atoms with Gasteiger partial charge in [0.15, 0.2) is 0 Å². The molecule has 1 N–H and O–H groups in total. The molecule has 3 aromatic rings. The SMILES string of the molecule is CCP(=O)(O)CC(c1cccc(OCc2ccc(-c3cc(OC)ncc3F)c(CN(C(C)C)C(C)C)c2)c1)C1CC1. The fourth-order valence-corrected chi connectivity index (χ4v) is 6.87. The number of benzene rings is 2. The average molecular weight is 583 g/mol. The first-order chi connectivity index (χ1) is 19.5. The first-order valence-corrected chi connectivity index (χ1v) is 16.6. The van der Waals surface area contributed by atoms with Crippen molar-refractivity contribution in [1.82, 2.24) is 9.88 Å². The summed E-state index contributed by atoms with van der Waals surface area (Å²) < 4.78 is 39.1. The van der Waals surface area contributed by atoms with Crippen molar-refractivity contribution in [1.29, 1.82) is 0 Å². The van der Waals surface area contributed by atoms with Crippen molar-refractivity contribution in [3.8, 4) is 22.8 Å². The summed E-state index contributed by atoms with van der Waals surface area (Å²) in [7, 11) is -1.61. The predicted octanol–water partition coefficient (Wildman–Crippen LogP) is 7.88. The zero-order chi connectivity index (χ0) is 29.7. The first kappa shape index (κ1) is 31.2. The number of rotatable bonds is 14. The number of hydrogen-bond donors (Lipinski definition) is 1. The Bertz CT molecular complexity index is 1370. The van der Waals surface area contributed by atoms with Crippen LogP contribution in [0.3, 0.4) is 0 Å². The molecule has 0 aliphatic heterocycles. The van der Waals surface area contributed by atoms with Gasteiger partial charge in [0, 0.05) is 42.6 Å². The van der Waals surface area contributed by atoms with Gasteiger partial charge in [-0.1, -0.05) is 37.3 Å². The second-order valence-corrected chi connectivity index (χ2v) is 14.4. The van der Waals surface area contributed by atoms with Crippen LogP contribution in [-0.4, -0.2) is 46.3 Å². The fourth-order valence-electron chi connectivity index (χ4n) is 5.49. The average Bonchev–Trinajstić information content (AvgIpc) is 3.79. The van der Waals surface area contributed by atoms with Crippen LogP contribution >= 0.6 is 7.37 Å². The minimum atomic E-state index is -3.14. The molecule has 1 aromatic heterocycles. The molecule has 222 valence electrons. The molecular weight excluding hydrogens is 538 g/mol. The highest BCUT2D eigenvalue weighted by molar-refractivity contribution is 7.58. The van der Waals surface area contributed by atoms with Crippen LogP contribution in [0, 0.1) is 11.7 Å². The standard InChI is InChI=1S/C33H44FN2O4P/c1-7-41(37,38)21-31(25-12-13-25)26-9-8-10-28(16-26)40-20-24-11-14-29(30-17-33(39-6)35-18-32(30)34)27(15-24)19-36(22(2)3)23(4)5/h8-11,14-18,22-23,25,31H,7,12-13,19-21H2,1-6H3,(H,37,38). The lowest BCUT2D eigenvalue weighted by Gasteiger charge is -2.31. The minimum Gasteiger partial charge on any atom is -0.489 e. The van der Waals surface area contributed by atoms with E-state index in [4.69, 9.17) is 9.47 Å². The van der Waals surface area contributed by atoms with Gasteiger partial charge >= 0.3 is 0 Å². The van der Waals surface area contributed by atoms with Crippen molar-refractivity contribution in [2.75, 3.05) is 19.4 Å². The van der Waals surface area contributed by atoms with Crippen molar-refractivity contribution < 1.29 is 23.3 Å². The van der Waals surface area contributed by atoms with Crippen molar-refractivity contribution in [2.45, 2.75) is 78.6 Å². The third-order valence-corrected chi connectivity index (χ3v) is 9.99. The third kappa shape index (κ3) is 8.18. The van der Waals surface area contributed by atoms with Crippen LogP contribution < -0.4 is 9.47 Å². The second kappa shape index (κ2) is 13.5. The fraction of sp³-hybridized carbons (Fsp3) is 0.485. The van der Waals surface area contributed by atoms with Crippen molar-refractivity contribution in [3.05, 3.63) is 77.2 Å². The third-order valence-electron chi connectivity index (χ3n) is 8.04. The second-order valence-electron chi connectivity index (χ2n) is 11.7. The number of hydrogen-bond acceptors (Lipinski definition) is 5. The summed E-state index contributed by atoms with van der Waals surface area (Å²) >= 11 is 0. The maximum Gasteiger partial charge on any atom is 0.213 e. The molecule has 0 saturated heterocycles. The van der Waals surface area contributed by atoms with Gasteiger partial charge in [0.1, 0.15) is 18.2 Å². The number of aromatic nitrogens is 1. The Labute approximate surface area is 244 Å². The molecule has 1 aliphatic rings. The van der Waals surface area contributed by atoms with Crippen LogP contribution in [0.2, 0.25) is 0 Å². The lowest BCUT2D eigenvalue weighted by Crippen LogP contribution is -2.36. The van der Waals surface area contributed by atoms with Gasteiger partial charge in [-0.2, -0.15) is 0 Å². The number of nitrogens with zero attached hydrogens (tertiary/aromatic N) is 2. The van der Waals surface area contributed by atoms with Crippen LogP contribution in [0.25, 0.3) is 11.1 Å². The molecule has 1 heterocycles. The molecular formula is C33H44FN2O4P. The van der Waals surface area contributed by atoms with Gasteiger partial charge in [-0.05, 0) is 86.8 Å². The summed E-state index contributed by atoms with van der Waals surface area (Å²) in [5, 5.41) is 0. The number of ether oxygens (including phenoxy) is 2. The molecule has 1 fully saturated rings. The maximum atomic E-state index is 15.0. The molecule has 0 radical (unpaired) electrons. The molecule has 2 unspecified atom stereocenters. The van der Waals surface area contributed by atoms with Crippen LogP contribution in [0.15, 0.2) is 54.7 Å². The summed E-state index contributed by atoms with van der Waals surface area (Å²) in [4.78, 5) is 16.7. The Hall–Kier alpha value is -2.73. The van der Waals surface area contributed by atoms with Gasteiger partial charge in [-0.3, -0.25) is 9.46 Å². The summed E-state index contributed by atoms with van der Waals surface area (Å²) in [6, 6.07) is 16.2. The highest BCUT2D eigenvalue weighted by Gasteiger charge is 2.36. The Balaban J connectivity index is 1.60. The molecule has 2 atom stereocenters. The lowest BCUT2D eigenvalue weighted by atomic mass is 9.96. The van der Waals surface area contributed by atoms with Gasteiger partial charge in [0.05, 0.1) is 13.3 Å². The number of methoxy groups -OCH3 is 1. The van der Waals surface area contributed by atoms with Crippen LogP contribution in [0.1, 0.15) is 70.1 Å². The van der Waals surface area contributed by atoms with E-state index < -0.39 is 13.2 Å². The Morgan fingerprint density at radius 1 is 1.07 bits per heavy atom. The monoisotopic (exact) mass is 582 g/mol. The summed E-state index contributed by atoms with van der Waals surface area (Å²) in [5.74, 6) is 1.24. The van der Waals surface area contributed by atoms with Gasteiger partial charge in [-0.25, -0.2) is 9.37 Å². The zero-order valence-corrected chi connectivity index (χ0v) is 26.0. The Morgan fingerprint density at radius 3 is 2.44 bits per heavy atom. The van der Waals surface area contributed by atoms with Crippen LogP contribution in [0.4, 0.5) is 4.39 Å². The van der Waals surface area contributed by atoms with Crippen LogP contribution in [0.5, 0.6) is 11.6 Å². The lowest BCUT2D eigenvalue weighted by molar-refractivity contribution is 0.166. The smallest absolute Gasteiger partial charge is 0.213 e. The predicted molar refractivity (Wildman–Crippen MR) is 163 cm³/mol. The molecule has 2 aromatic carbocycles. The first-order valence-electron chi connectivity index (χ1n) is 14.6. The van der Waals surface area contributed by atoms with Crippen LogP contribution in [-0.2, 0) is 17.7 Å². The van der Waals surface area contributed by atoms with Gasteiger partial charge < -0.3 is 14.4 Å².